The highest BCUT2D eigenvalue weighted by Gasteiger charge is 1.94. The molecule has 0 saturated heterocycles. The minimum atomic E-state index is 0.702. The van der Waals surface area contributed by atoms with Crippen molar-refractivity contribution in [1.29, 1.82) is 0 Å². The van der Waals surface area contributed by atoms with Crippen molar-refractivity contribution in [3.8, 4) is 0 Å². The molecule has 1 radical (unpaired) electrons. The van der Waals surface area contributed by atoms with Crippen molar-refractivity contribution in [3.05, 3.63) is 54.5 Å². The Hall–Kier alpha value is -1.70. The number of nitrogens with one attached hydrogen (secondary N) is 1. The Morgan fingerprint density at radius 2 is 2.23 bits per heavy atom. The van der Waals surface area contributed by atoms with Gasteiger partial charge in [-0.2, -0.15) is 0 Å². The summed E-state index contributed by atoms with van der Waals surface area (Å²) in [6, 6.07) is 14.7. The second-order valence-corrected chi connectivity index (χ2v) is 2.71. The van der Waals surface area contributed by atoms with E-state index in [1.165, 1.54) is 0 Å². The molecule has 1 aromatic carbocycles. The fourth-order valence-corrected chi connectivity index (χ4v) is 1.10. The molecule has 0 unspecified atom stereocenters. The van der Waals surface area contributed by atoms with Crippen molar-refractivity contribution in [1.82, 2.24) is 0 Å². The van der Waals surface area contributed by atoms with E-state index in [4.69, 9.17) is 4.42 Å². The first-order chi connectivity index (χ1) is 6.45. The monoisotopic (exact) mass is 172 g/mol. The molecule has 0 amide bonds. The minimum Gasteiger partial charge on any atom is -0.467 e. The van der Waals surface area contributed by atoms with Crippen LogP contribution in [-0.2, 0) is 6.54 Å². The van der Waals surface area contributed by atoms with Gasteiger partial charge in [0.05, 0.1) is 12.8 Å². The summed E-state index contributed by atoms with van der Waals surface area (Å²) < 4.78 is 5.18. The summed E-state index contributed by atoms with van der Waals surface area (Å²) in [6.45, 7) is 0.702. The average molecular weight is 172 g/mol. The van der Waals surface area contributed by atoms with Crippen molar-refractivity contribution < 1.29 is 4.42 Å². The van der Waals surface area contributed by atoms with E-state index >= 15 is 0 Å². The molecular formula is C11H10NO. The molecular weight excluding hydrogens is 162 g/mol. The molecule has 0 aliphatic carbocycles. The molecule has 2 heteroatoms. The van der Waals surface area contributed by atoms with Crippen LogP contribution in [0, 0.1) is 6.07 Å². The SMILES string of the molecule is [c]1ccccc1NCc1ccco1. The molecule has 65 valence electrons. The molecule has 2 aromatic rings. The van der Waals surface area contributed by atoms with Gasteiger partial charge in [-0.15, -0.1) is 0 Å². The Labute approximate surface area is 77.2 Å². The zero-order valence-corrected chi connectivity index (χ0v) is 7.16. The maximum atomic E-state index is 5.18. The van der Waals surface area contributed by atoms with Crippen LogP contribution in [0.4, 0.5) is 5.69 Å². The second kappa shape index (κ2) is 3.81. The van der Waals surface area contributed by atoms with Crippen LogP contribution in [-0.4, -0.2) is 0 Å². The van der Waals surface area contributed by atoms with Crippen LogP contribution in [0.3, 0.4) is 0 Å². The molecule has 1 heterocycles. The van der Waals surface area contributed by atoms with Gasteiger partial charge in [0.15, 0.2) is 0 Å². The first-order valence-corrected chi connectivity index (χ1v) is 4.18. The Kier molecular flexibility index (Phi) is 2.32. The quantitative estimate of drug-likeness (QED) is 0.770. The molecule has 0 bridgehead atoms. The summed E-state index contributed by atoms with van der Waals surface area (Å²) in [6.07, 6.45) is 1.67. The molecule has 0 aliphatic rings. The first-order valence-electron chi connectivity index (χ1n) is 4.18. The fourth-order valence-electron chi connectivity index (χ4n) is 1.10. The summed E-state index contributed by atoms with van der Waals surface area (Å²) in [7, 11) is 0. The third-order valence-electron chi connectivity index (χ3n) is 1.74. The van der Waals surface area contributed by atoms with Gasteiger partial charge in [0.25, 0.3) is 0 Å². The smallest absolute Gasteiger partial charge is 0.122 e. The van der Waals surface area contributed by atoms with Gasteiger partial charge in [-0.1, -0.05) is 18.2 Å². The predicted molar refractivity (Wildman–Crippen MR) is 51.3 cm³/mol. The molecule has 0 aliphatic heterocycles. The molecule has 1 aromatic heterocycles. The first kappa shape index (κ1) is 7.92. The highest BCUT2D eigenvalue weighted by Crippen LogP contribution is 2.07. The van der Waals surface area contributed by atoms with E-state index < -0.39 is 0 Å². The number of rotatable bonds is 3. The molecule has 0 atom stereocenters. The van der Waals surface area contributed by atoms with Crippen LogP contribution in [0.15, 0.2) is 47.1 Å². The largest absolute Gasteiger partial charge is 0.467 e. The Morgan fingerprint density at radius 3 is 2.92 bits per heavy atom. The van der Waals surface area contributed by atoms with Crippen molar-refractivity contribution in [2.75, 3.05) is 5.32 Å². The lowest BCUT2D eigenvalue weighted by Gasteiger charge is -2.02. The molecule has 13 heavy (non-hydrogen) atoms. The van der Waals surface area contributed by atoms with E-state index in [9.17, 15) is 0 Å². The van der Waals surface area contributed by atoms with Crippen LogP contribution in [0.5, 0.6) is 0 Å². The lowest BCUT2D eigenvalue weighted by Crippen LogP contribution is -1.97. The number of anilines is 1. The maximum Gasteiger partial charge on any atom is 0.122 e. The van der Waals surface area contributed by atoms with Gasteiger partial charge in [-0.05, 0) is 18.2 Å². The van der Waals surface area contributed by atoms with E-state index in [1.807, 2.05) is 36.4 Å². The number of hydrogen-bond donors (Lipinski definition) is 1. The van der Waals surface area contributed by atoms with Crippen LogP contribution >= 0.6 is 0 Å². The summed E-state index contributed by atoms with van der Waals surface area (Å²) >= 11 is 0. The molecule has 0 spiro atoms. The highest BCUT2D eigenvalue weighted by molar-refractivity contribution is 5.41. The average Bonchev–Trinajstić information content (AvgIpc) is 2.69. The van der Waals surface area contributed by atoms with E-state index in [0.29, 0.717) is 6.54 Å². The minimum absolute atomic E-state index is 0.702. The lowest BCUT2D eigenvalue weighted by molar-refractivity contribution is 0.518. The maximum absolute atomic E-state index is 5.18. The second-order valence-electron chi connectivity index (χ2n) is 2.71. The Morgan fingerprint density at radius 1 is 1.23 bits per heavy atom. The van der Waals surface area contributed by atoms with Gasteiger partial charge in [-0.3, -0.25) is 0 Å². The van der Waals surface area contributed by atoms with Crippen molar-refractivity contribution in [3.63, 3.8) is 0 Å². The molecule has 0 saturated carbocycles. The van der Waals surface area contributed by atoms with E-state index in [1.54, 1.807) is 6.26 Å². The fraction of sp³-hybridized carbons (Fsp3) is 0.0909. The van der Waals surface area contributed by atoms with E-state index in [2.05, 4.69) is 11.4 Å². The van der Waals surface area contributed by atoms with Crippen molar-refractivity contribution >= 4 is 5.69 Å². The number of hydrogen-bond acceptors (Lipinski definition) is 2. The van der Waals surface area contributed by atoms with Gasteiger partial charge >= 0.3 is 0 Å². The molecule has 2 nitrogen and oxygen atoms in total. The summed E-state index contributed by atoms with van der Waals surface area (Å²) in [5.41, 5.74) is 0.985. The van der Waals surface area contributed by atoms with Gasteiger partial charge < -0.3 is 9.73 Å². The van der Waals surface area contributed by atoms with Crippen molar-refractivity contribution in [2.24, 2.45) is 0 Å². The summed E-state index contributed by atoms with van der Waals surface area (Å²) in [4.78, 5) is 0. The Bertz CT molecular complexity index is 340. The zero-order valence-electron chi connectivity index (χ0n) is 7.16. The highest BCUT2D eigenvalue weighted by atomic mass is 16.3. The normalized spacial score (nSPS) is 9.85. The third kappa shape index (κ3) is 2.12. The zero-order chi connectivity index (χ0) is 8.93. The van der Waals surface area contributed by atoms with Crippen molar-refractivity contribution in [2.45, 2.75) is 6.54 Å². The topological polar surface area (TPSA) is 25.2 Å². The third-order valence-corrected chi connectivity index (χ3v) is 1.74. The summed E-state index contributed by atoms with van der Waals surface area (Å²) in [5.74, 6) is 0.928. The van der Waals surface area contributed by atoms with Crippen LogP contribution in [0.1, 0.15) is 5.76 Å². The van der Waals surface area contributed by atoms with Gasteiger partial charge in [0, 0.05) is 11.8 Å². The van der Waals surface area contributed by atoms with Gasteiger partial charge in [-0.25, -0.2) is 0 Å². The van der Waals surface area contributed by atoms with Crippen LogP contribution < -0.4 is 5.32 Å². The van der Waals surface area contributed by atoms with Crippen LogP contribution in [0.25, 0.3) is 0 Å². The van der Waals surface area contributed by atoms with E-state index in [-0.39, 0.29) is 0 Å². The molecule has 0 fully saturated rings. The number of para-hydroxylation sites is 1. The lowest BCUT2D eigenvalue weighted by atomic mass is 10.3. The Balaban J connectivity index is 1.94. The molecule has 2 rings (SSSR count). The van der Waals surface area contributed by atoms with Gasteiger partial charge in [0.1, 0.15) is 5.76 Å². The standard InChI is InChI=1S/C11H10NO/c1-2-5-10(6-3-1)12-9-11-7-4-8-13-11/h1-5,7-8,12H,9H2. The predicted octanol–water partition coefficient (Wildman–Crippen LogP) is 2.69. The van der Waals surface area contributed by atoms with Gasteiger partial charge in [0.2, 0.25) is 0 Å². The van der Waals surface area contributed by atoms with E-state index in [0.717, 1.165) is 11.4 Å². The molecule has 1 N–H and O–H groups in total. The van der Waals surface area contributed by atoms with Crippen LogP contribution in [0.2, 0.25) is 0 Å². The number of benzene rings is 1. The number of furan rings is 1. The summed E-state index contributed by atoms with van der Waals surface area (Å²) in [5, 5.41) is 3.20.